The van der Waals surface area contributed by atoms with E-state index in [9.17, 15) is 0 Å². The minimum Gasteiger partial charge on any atom is -0.490 e. The highest BCUT2D eigenvalue weighted by Crippen LogP contribution is 2.31. The molecule has 0 aromatic heterocycles. The highest BCUT2D eigenvalue weighted by Gasteiger charge is 2.09. The lowest BCUT2D eigenvalue weighted by Gasteiger charge is -2.15. The third-order valence-corrected chi connectivity index (χ3v) is 3.32. The summed E-state index contributed by atoms with van der Waals surface area (Å²) in [6.07, 6.45) is 7.58. The molecule has 0 spiro atoms. The normalized spacial score (nSPS) is 10.6. The van der Waals surface area contributed by atoms with Crippen LogP contribution < -0.4 is 15.2 Å². The van der Waals surface area contributed by atoms with Gasteiger partial charge in [-0.15, -0.1) is 0 Å². The molecule has 0 aliphatic carbocycles. The first-order valence-electron chi connectivity index (χ1n) is 7.91. The summed E-state index contributed by atoms with van der Waals surface area (Å²) in [5.41, 5.74) is 6.78. The molecule has 0 amide bonds. The van der Waals surface area contributed by atoms with Gasteiger partial charge in [0.2, 0.25) is 0 Å². The third-order valence-electron chi connectivity index (χ3n) is 3.32. The van der Waals surface area contributed by atoms with E-state index in [1.54, 1.807) is 0 Å². The van der Waals surface area contributed by atoms with Gasteiger partial charge in [0.05, 0.1) is 13.2 Å². The standard InChI is InChI=1S/C17H29NO2/c1-3-5-6-7-8-9-13-20-17-15(14-18)11-10-12-16(17)19-4-2/h10-12H,3-9,13-14,18H2,1-2H3. The molecule has 0 radical (unpaired) electrons. The van der Waals surface area contributed by atoms with Gasteiger partial charge in [-0.05, 0) is 19.4 Å². The maximum atomic E-state index is 5.91. The lowest BCUT2D eigenvalue weighted by Crippen LogP contribution is -2.06. The van der Waals surface area contributed by atoms with E-state index in [1.807, 2.05) is 25.1 Å². The van der Waals surface area contributed by atoms with Crippen LogP contribution in [0.4, 0.5) is 0 Å². The van der Waals surface area contributed by atoms with Crippen molar-refractivity contribution < 1.29 is 9.47 Å². The van der Waals surface area contributed by atoms with Crippen molar-refractivity contribution in [3.63, 3.8) is 0 Å². The summed E-state index contributed by atoms with van der Waals surface area (Å²) in [6, 6.07) is 5.91. The summed E-state index contributed by atoms with van der Waals surface area (Å²) in [5.74, 6) is 1.63. The van der Waals surface area contributed by atoms with Gasteiger partial charge >= 0.3 is 0 Å². The van der Waals surface area contributed by atoms with Crippen molar-refractivity contribution in [1.82, 2.24) is 0 Å². The number of ether oxygens (including phenoxy) is 2. The molecule has 0 fully saturated rings. The summed E-state index contributed by atoms with van der Waals surface area (Å²) in [6.45, 7) is 6.08. The second-order valence-electron chi connectivity index (χ2n) is 5.00. The van der Waals surface area contributed by atoms with Crippen molar-refractivity contribution in [3.8, 4) is 11.5 Å². The van der Waals surface area contributed by atoms with Crippen LogP contribution in [0, 0.1) is 0 Å². The maximum absolute atomic E-state index is 5.91. The highest BCUT2D eigenvalue weighted by atomic mass is 16.5. The lowest BCUT2D eigenvalue weighted by molar-refractivity contribution is 0.268. The quantitative estimate of drug-likeness (QED) is 0.615. The topological polar surface area (TPSA) is 44.5 Å². The predicted molar refractivity (Wildman–Crippen MR) is 84.4 cm³/mol. The van der Waals surface area contributed by atoms with E-state index in [2.05, 4.69) is 6.92 Å². The molecule has 0 saturated carbocycles. The van der Waals surface area contributed by atoms with Crippen LogP contribution in [0.3, 0.4) is 0 Å². The number of unbranched alkanes of at least 4 members (excludes halogenated alkanes) is 5. The van der Waals surface area contributed by atoms with Crippen molar-refractivity contribution in [2.24, 2.45) is 5.73 Å². The van der Waals surface area contributed by atoms with E-state index < -0.39 is 0 Å². The van der Waals surface area contributed by atoms with Crippen molar-refractivity contribution in [3.05, 3.63) is 23.8 Å². The summed E-state index contributed by atoms with van der Waals surface area (Å²) >= 11 is 0. The zero-order valence-electron chi connectivity index (χ0n) is 13.0. The summed E-state index contributed by atoms with van der Waals surface area (Å²) < 4.78 is 11.5. The van der Waals surface area contributed by atoms with Gasteiger partial charge < -0.3 is 15.2 Å². The molecule has 0 aliphatic rings. The van der Waals surface area contributed by atoms with Crippen molar-refractivity contribution in [2.45, 2.75) is 58.9 Å². The Kier molecular flexibility index (Phi) is 8.88. The number of rotatable bonds is 11. The smallest absolute Gasteiger partial charge is 0.165 e. The average Bonchev–Trinajstić information content (AvgIpc) is 2.47. The lowest BCUT2D eigenvalue weighted by atomic mass is 10.1. The van der Waals surface area contributed by atoms with Crippen molar-refractivity contribution in [2.75, 3.05) is 13.2 Å². The van der Waals surface area contributed by atoms with Crippen molar-refractivity contribution in [1.29, 1.82) is 0 Å². The summed E-state index contributed by atoms with van der Waals surface area (Å²) in [4.78, 5) is 0. The molecule has 114 valence electrons. The van der Waals surface area contributed by atoms with Crippen LogP contribution in [0.5, 0.6) is 11.5 Å². The zero-order valence-corrected chi connectivity index (χ0v) is 13.0. The van der Waals surface area contributed by atoms with Crippen LogP contribution in [0.1, 0.15) is 57.9 Å². The zero-order chi connectivity index (χ0) is 14.6. The monoisotopic (exact) mass is 279 g/mol. The minimum absolute atomic E-state index is 0.479. The van der Waals surface area contributed by atoms with Crippen LogP contribution in [-0.4, -0.2) is 13.2 Å². The Labute approximate surface area is 123 Å². The molecular formula is C17H29NO2. The van der Waals surface area contributed by atoms with Crippen LogP contribution in [0.15, 0.2) is 18.2 Å². The Bertz CT molecular complexity index is 366. The van der Waals surface area contributed by atoms with Gasteiger partial charge in [0.15, 0.2) is 11.5 Å². The van der Waals surface area contributed by atoms with Crippen molar-refractivity contribution >= 4 is 0 Å². The van der Waals surface area contributed by atoms with E-state index in [-0.39, 0.29) is 0 Å². The van der Waals surface area contributed by atoms with Gasteiger partial charge in [-0.25, -0.2) is 0 Å². The highest BCUT2D eigenvalue weighted by molar-refractivity contribution is 5.46. The van der Waals surface area contributed by atoms with Gasteiger partial charge in [-0.3, -0.25) is 0 Å². The second-order valence-corrected chi connectivity index (χ2v) is 5.00. The largest absolute Gasteiger partial charge is 0.490 e. The van der Waals surface area contributed by atoms with Gasteiger partial charge in [0.1, 0.15) is 0 Å². The molecule has 2 N–H and O–H groups in total. The number of hydrogen-bond acceptors (Lipinski definition) is 3. The molecule has 1 rings (SSSR count). The fraction of sp³-hybridized carbons (Fsp3) is 0.647. The molecule has 0 atom stereocenters. The minimum atomic E-state index is 0.479. The fourth-order valence-electron chi connectivity index (χ4n) is 2.21. The Balaban J connectivity index is 2.41. The Morgan fingerprint density at radius 1 is 0.950 bits per heavy atom. The van der Waals surface area contributed by atoms with Crippen LogP contribution in [-0.2, 0) is 6.54 Å². The molecule has 0 heterocycles. The number of nitrogens with two attached hydrogens (primary N) is 1. The number of hydrogen-bond donors (Lipinski definition) is 1. The van der Waals surface area contributed by atoms with Gasteiger partial charge in [0, 0.05) is 12.1 Å². The Morgan fingerprint density at radius 2 is 1.70 bits per heavy atom. The number of para-hydroxylation sites is 1. The Morgan fingerprint density at radius 3 is 2.40 bits per heavy atom. The second kappa shape index (κ2) is 10.6. The molecular weight excluding hydrogens is 250 g/mol. The maximum Gasteiger partial charge on any atom is 0.165 e. The first kappa shape index (κ1) is 16.8. The first-order chi connectivity index (χ1) is 9.83. The summed E-state index contributed by atoms with van der Waals surface area (Å²) in [5, 5.41) is 0. The summed E-state index contributed by atoms with van der Waals surface area (Å²) in [7, 11) is 0. The SMILES string of the molecule is CCCCCCCCOc1c(CN)cccc1OCC. The van der Waals surface area contributed by atoms with Crippen LogP contribution >= 0.6 is 0 Å². The van der Waals surface area contributed by atoms with E-state index in [0.717, 1.165) is 30.1 Å². The molecule has 0 bridgehead atoms. The predicted octanol–water partition coefficient (Wildman–Crippen LogP) is 4.28. The molecule has 3 nitrogen and oxygen atoms in total. The van der Waals surface area contributed by atoms with Gasteiger partial charge in [-0.1, -0.05) is 51.2 Å². The van der Waals surface area contributed by atoms with E-state index in [1.165, 1.54) is 32.1 Å². The molecule has 0 unspecified atom stereocenters. The van der Waals surface area contributed by atoms with Crippen LogP contribution in [0.25, 0.3) is 0 Å². The number of benzene rings is 1. The van der Waals surface area contributed by atoms with E-state index in [0.29, 0.717) is 13.2 Å². The van der Waals surface area contributed by atoms with Crippen LogP contribution in [0.2, 0.25) is 0 Å². The molecule has 20 heavy (non-hydrogen) atoms. The molecule has 3 heteroatoms. The first-order valence-corrected chi connectivity index (χ1v) is 7.91. The molecule has 0 saturated heterocycles. The van der Waals surface area contributed by atoms with Gasteiger partial charge in [0.25, 0.3) is 0 Å². The Hall–Kier alpha value is -1.22. The molecule has 1 aromatic carbocycles. The fourth-order valence-corrected chi connectivity index (χ4v) is 2.21. The van der Waals surface area contributed by atoms with E-state index >= 15 is 0 Å². The van der Waals surface area contributed by atoms with Gasteiger partial charge in [-0.2, -0.15) is 0 Å². The third kappa shape index (κ3) is 5.83. The average molecular weight is 279 g/mol. The van der Waals surface area contributed by atoms with E-state index in [4.69, 9.17) is 15.2 Å². The molecule has 0 aliphatic heterocycles. The molecule has 1 aromatic rings.